The lowest BCUT2D eigenvalue weighted by atomic mass is 10.1. The number of hydrogen-bond donors (Lipinski definition) is 2. The summed E-state index contributed by atoms with van der Waals surface area (Å²) in [5.74, 6) is 0. The van der Waals surface area contributed by atoms with E-state index in [1.807, 2.05) is 0 Å². The van der Waals surface area contributed by atoms with Crippen molar-refractivity contribution in [2.45, 2.75) is 32.5 Å². The zero-order chi connectivity index (χ0) is 14.3. The van der Waals surface area contributed by atoms with Gasteiger partial charge in [0.2, 0.25) is 0 Å². The van der Waals surface area contributed by atoms with Crippen molar-refractivity contribution in [3.63, 3.8) is 0 Å². The van der Waals surface area contributed by atoms with Crippen molar-refractivity contribution in [1.82, 2.24) is 15.0 Å². The summed E-state index contributed by atoms with van der Waals surface area (Å²) in [6, 6.07) is 0. The van der Waals surface area contributed by atoms with E-state index < -0.39 is 6.17 Å². The lowest BCUT2D eigenvalue weighted by Gasteiger charge is -2.07. The highest BCUT2D eigenvalue weighted by atomic mass is 19.1. The van der Waals surface area contributed by atoms with Gasteiger partial charge in [-0.05, 0) is 31.9 Å². The highest BCUT2D eigenvalue weighted by Crippen LogP contribution is 2.08. The number of nitrogens with zero attached hydrogens (tertiary/aromatic N) is 3. The fraction of sp³-hybridized carbons (Fsp3) is 0.417. The highest BCUT2D eigenvalue weighted by Gasteiger charge is 2.09. The Morgan fingerprint density at radius 3 is 2.84 bits per heavy atom. The van der Waals surface area contributed by atoms with Gasteiger partial charge in [0.1, 0.15) is 11.9 Å². The van der Waals surface area contributed by atoms with E-state index in [4.69, 9.17) is 11.5 Å². The maximum absolute atomic E-state index is 13.7. The molecule has 0 saturated carbocycles. The average Bonchev–Trinajstić information content (AvgIpc) is 2.81. The summed E-state index contributed by atoms with van der Waals surface area (Å²) in [6.07, 6.45) is 4.92. The van der Waals surface area contributed by atoms with Crippen LogP contribution in [0.25, 0.3) is 0 Å². The van der Waals surface area contributed by atoms with E-state index in [-0.39, 0.29) is 18.7 Å². The fourth-order valence-corrected chi connectivity index (χ4v) is 1.40. The Bertz CT molecular complexity index is 476. The Labute approximate surface area is 111 Å². The number of hydrogen-bond acceptors (Lipinski definition) is 5. The number of aromatic nitrogens is 3. The second-order valence-corrected chi connectivity index (χ2v) is 4.27. The molecule has 104 valence electrons. The van der Waals surface area contributed by atoms with Crippen molar-refractivity contribution >= 4 is 6.29 Å². The molecule has 1 heterocycles. The maximum atomic E-state index is 13.7. The molecule has 0 saturated heterocycles. The van der Waals surface area contributed by atoms with Crippen LogP contribution in [0.15, 0.2) is 29.7 Å². The van der Waals surface area contributed by atoms with Gasteiger partial charge in [-0.1, -0.05) is 5.21 Å². The van der Waals surface area contributed by atoms with Gasteiger partial charge in [0.25, 0.3) is 0 Å². The molecule has 1 aromatic rings. The number of allylic oxidation sites excluding steroid dienone is 4. The van der Waals surface area contributed by atoms with Crippen LogP contribution in [0.5, 0.6) is 0 Å². The number of carbonyl (C=O) groups is 1. The van der Waals surface area contributed by atoms with Crippen LogP contribution in [-0.2, 0) is 6.54 Å². The predicted octanol–water partition coefficient (Wildman–Crippen LogP) is 0.914. The minimum Gasteiger partial charge on any atom is -0.402 e. The van der Waals surface area contributed by atoms with Crippen LogP contribution in [-0.4, -0.2) is 27.5 Å². The molecule has 1 rings (SSSR count). The summed E-state index contributed by atoms with van der Waals surface area (Å²) in [7, 11) is 0. The van der Waals surface area contributed by atoms with Crippen LogP contribution in [0.4, 0.5) is 4.39 Å². The van der Waals surface area contributed by atoms with E-state index in [0.717, 1.165) is 0 Å². The van der Waals surface area contributed by atoms with Crippen LogP contribution < -0.4 is 11.5 Å². The molecule has 0 aliphatic rings. The van der Waals surface area contributed by atoms with Gasteiger partial charge in [0.15, 0.2) is 6.29 Å². The molecule has 1 atom stereocenters. The molecule has 0 bridgehead atoms. The zero-order valence-corrected chi connectivity index (χ0v) is 10.8. The summed E-state index contributed by atoms with van der Waals surface area (Å²) >= 11 is 0. The summed E-state index contributed by atoms with van der Waals surface area (Å²) in [6.45, 7) is 1.80. The number of rotatable bonds is 7. The second-order valence-electron chi connectivity index (χ2n) is 4.27. The first kappa shape index (κ1) is 14.9. The third kappa shape index (κ3) is 5.80. The minimum atomic E-state index is -1.10. The topological polar surface area (TPSA) is 99.8 Å². The van der Waals surface area contributed by atoms with Crippen molar-refractivity contribution < 1.29 is 9.18 Å². The lowest BCUT2D eigenvalue weighted by Crippen LogP contribution is -2.13. The number of halogens is 1. The van der Waals surface area contributed by atoms with E-state index in [9.17, 15) is 9.18 Å². The molecule has 0 aromatic carbocycles. The van der Waals surface area contributed by atoms with E-state index in [1.165, 1.54) is 10.9 Å². The molecule has 0 amide bonds. The second kappa shape index (κ2) is 7.30. The van der Waals surface area contributed by atoms with Gasteiger partial charge in [-0.2, -0.15) is 0 Å². The largest absolute Gasteiger partial charge is 0.402 e. The third-order valence-corrected chi connectivity index (χ3v) is 2.37. The molecule has 1 aromatic heterocycles. The number of carbonyl (C=O) groups excluding carboxylic acids is 1. The monoisotopic (exact) mass is 267 g/mol. The van der Waals surface area contributed by atoms with Gasteiger partial charge >= 0.3 is 0 Å². The molecule has 0 aliphatic carbocycles. The summed E-state index contributed by atoms with van der Waals surface area (Å²) in [4.78, 5) is 10.4. The van der Waals surface area contributed by atoms with Gasteiger partial charge in [-0.15, -0.1) is 5.10 Å². The van der Waals surface area contributed by atoms with Crippen molar-refractivity contribution in [2.24, 2.45) is 11.5 Å². The predicted molar refractivity (Wildman–Crippen MR) is 69.8 cm³/mol. The molecule has 0 aliphatic heterocycles. The first-order chi connectivity index (χ1) is 9.01. The normalized spacial score (nSPS) is 14.4. The summed E-state index contributed by atoms with van der Waals surface area (Å²) < 4.78 is 15.0. The maximum Gasteiger partial charge on any atom is 0.171 e. The number of nitrogens with two attached hydrogens (primary N) is 2. The lowest BCUT2D eigenvalue weighted by molar-refractivity contribution is 0.111. The number of alkyl halides is 1. The van der Waals surface area contributed by atoms with Crippen LogP contribution >= 0.6 is 0 Å². The molecule has 0 radical (unpaired) electrons. The molecule has 7 heteroatoms. The molecule has 0 fully saturated rings. The van der Waals surface area contributed by atoms with Crippen LogP contribution in [0.3, 0.4) is 0 Å². The van der Waals surface area contributed by atoms with E-state index >= 15 is 0 Å². The Balaban J connectivity index is 2.39. The van der Waals surface area contributed by atoms with Crippen molar-refractivity contribution in [2.75, 3.05) is 0 Å². The summed E-state index contributed by atoms with van der Waals surface area (Å²) in [5.41, 5.74) is 12.6. The van der Waals surface area contributed by atoms with Gasteiger partial charge in [0.05, 0.1) is 12.7 Å². The van der Waals surface area contributed by atoms with Crippen molar-refractivity contribution in [3.8, 4) is 0 Å². The van der Waals surface area contributed by atoms with E-state index in [0.29, 0.717) is 24.1 Å². The Morgan fingerprint density at radius 2 is 2.26 bits per heavy atom. The quantitative estimate of drug-likeness (QED) is 0.565. The van der Waals surface area contributed by atoms with Gasteiger partial charge in [-0.3, -0.25) is 4.79 Å². The Morgan fingerprint density at radius 1 is 1.53 bits per heavy atom. The first-order valence-electron chi connectivity index (χ1n) is 5.89. The zero-order valence-electron chi connectivity index (χ0n) is 10.8. The third-order valence-electron chi connectivity index (χ3n) is 2.37. The van der Waals surface area contributed by atoms with E-state index in [2.05, 4.69) is 10.3 Å². The summed E-state index contributed by atoms with van der Waals surface area (Å²) in [5, 5.41) is 7.19. The Hall–Kier alpha value is -2.18. The first-order valence-corrected chi connectivity index (χ1v) is 5.89. The van der Waals surface area contributed by atoms with Crippen molar-refractivity contribution in [1.29, 1.82) is 0 Å². The standard InChI is InChI=1S/C12H18FN5O/c1-9(14)2-4-11(15)5-3-10(13)6-18-7-12(8-19)16-17-18/h2,4,7-8,10H,3,5-6,14-15H2,1H3/b9-2-,11-4-. The SMILES string of the molecule is C/C(N)=C/C=C(\N)CCC(F)Cn1cc(C=O)nn1. The molecule has 0 spiro atoms. The Kier molecular flexibility index (Phi) is 5.72. The average molecular weight is 267 g/mol. The molecular weight excluding hydrogens is 249 g/mol. The molecule has 4 N–H and O–H groups in total. The molecule has 1 unspecified atom stereocenters. The van der Waals surface area contributed by atoms with Gasteiger partial charge in [-0.25, -0.2) is 9.07 Å². The van der Waals surface area contributed by atoms with Gasteiger partial charge < -0.3 is 11.5 Å². The van der Waals surface area contributed by atoms with Crippen molar-refractivity contribution in [3.05, 3.63) is 35.4 Å². The smallest absolute Gasteiger partial charge is 0.171 e. The number of aldehydes is 1. The molecule has 19 heavy (non-hydrogen) atoms. The van der Waals surface area contributed by atoms with E-state index in [1.54, 1.807) is 19.1 Å². The fourth-order valence-electron chi connectivity index (χ4n) is 1.40. The van der Waals surface area contributed by atoms with Crippen LogP contribution in [0.2, 0.25) is 0 Å². The minimum absolute atomic E-state index is 0.0554. The molecule has 6 nitrogen and oxygen atoms in total. The highest BCUT2D eigenvalue weighted by molar-refractivity contribution is 5.70. The van der Waals surface area contributed by atoms with Crippen LogP contribution in [0, 0.1) is 0 Å². The van der Waals surface area contributed by atoms with Gasteiger partial charge in [0, 0.05) is 11.4 Å². The van der Waals surface area contributed by atoms with Crippen LogP contribution in [0.1, 0.15) is 30.3 Å². The molecular formula is C12H18FN5O.